The van der Waals surface area contributed by atoms with Crippen molar-refractivity contribution in [2.45, 2.75) is 6.42 Å². The Morgan fingerprint density at radius 1 is 1.14 bits per heavy atom. The number of nitrogens with zero attached hydrogens (tertiary/aromatic N) is 1. The Labute approximate surface area is 130 Å². The van der Waals surface area contributed by atoms with E-state index in [-0.39, 0.29) is 5.78 Å². The van der Waals surface area contributed by atoms with Gasteiger partial charge in [0.05, 0.1) is 12.8 Å². The first-order chi connectivity index (χ1) is 10.1. The van der Waals surface area contributed by atoms with Gasteiger partial charge in [-0.25, -0.2) is 0 Å². The molecule has 0 spiro atoms. The number of benzene rings is 2. The molecule has 0 aromatic heterocycles. The van der Waals surface area contributed by atoms with Gasteiger partial charge in [0.25, 0.3) is 0 Å². The zero-order valence-electron chi connectivity index (χ0n) is 12.2. The van der Waals surface area contributed by atoms with Gasteiger partial charge in [-0.2, -0.15) is 0 Å². The Hall–Kier alpha value is -2.00. The molecule has 0 bridgehead atoms. The van der Waals surface area contributed by atoms with Crippen LogP contribution in [0.1, 0.15) is 16.8 Å². The number of anilines is 1. The fraction of sp³-hybridized carbons (Fsp3) is 0.235. The molecule has 0 aliphatic carbocycles. The van der Waals surface area contributed by atoms with Crippen LogP contribution in [0.2, 0.25) is 5.02 Å². The second-order valence-electron chi connectivity index (χ2n) is 4.77. The summed E-state index contributed by atoms with van der Waals surface area (Å²) in [5.41, 5.74) is 1.66. The SMILES string of the molecule is COc1ccccc1N(C)CCC(=O)c1ccc(Cl)cc1. The third-order valence-electron chi connectivity index (χ3n) is 3.34. The highest BCUT2D eigenvalue weighted by atomic mass is 35.5. The van der Waals surface area contributed by atoms with E-state index in [2.05, 4.69) is 0 Å². The highest BCUT2D eigenvalue weighted by molar-refractivity contribution is 6.30. The summed E-state index contributed by atoms with van der Waals surface area (Å²) in [6.07, 6.45) is 0.441. The lowest BCUT2D eigenvalue weighted by Gasteiger charge is -2.21. The summed E-state index contributed by atoms with van der Waals surface area (Å²) in [6, 6.07) is 14.8. The summed E-state index contributed by atoms with van der Waals surface area (Å²) >= 11 is 5.82. The van der Waals surface area contributed by atoms with Gasteiger partial charge >= 0.3 is 0 Å². The smallest absolute Gasteiger partial charge is 0.164 e. The Bertz CT molecular complexity index is 610. The van der Waals surface area contributed by atoms with E-state index >= 15 is 0 Å². The molecule has 2 aromatic rings. The number of ketones is 1. The maximum absolute atomic E-state index is 12.1. The highest BCUT2D eigenvalue weighted by Gasteiger charge is 2.10. The van der Waals surface area contributed by atoms with Gasteiger partial charge < -0.3 is 9.64 Å². The van der Waals surface area contributed by atoms with Crippen LogP contribution in [0.4, 0.5) is 5.69 Å². The zero-order valence-corrected chi connectivity index (χ0v) is 12.9. The van der Waals surface area contributed by atoms with Crippen molar-refractivity contribution in [1.29, 1.82) is 0 Å². The summed E-state index contributed by atoms with van der Waals surface area (Å²) in [5, 5.41) is 0.637. The number of Topliss-reactive ketones (excluding diaryl/α,β-unsaturated/α-hetero) is 1. The molecule has 0 radical (unpaired) electrons. The largest absolute Gasteiger partial charge is 0.495 e. The van der Waals surface area contributed by atoms with Gasteiger partial charge in [0, 0.05) is 30.6 Å². The lowest BCUT2D eigenvalue weighted by atomic mass is 10.1. The molecule has 4 heteroatoms. The van der Waals surface area contributed by atoms with E-state index in [1.807, 2.05) is 36.2 Å². The van der Waals surface area contributed by atoms with E-state index < -0.39 is 0 Å². The number of hydrogen-bond donors (Lipinski definition) is 0. The fourth-order valence-electron chi connectivity index (χ4n) is 2.11. The molecule has 0 aliphatic rings. The fourth-order valence-corrected chi connectivity index (χ4v) is 2.24. The summed E-state index contributed by atoms with van der Waals surface area (Å²) < 4.78 is 5.33. The predicted octanol–water partition coefficient (Wildman–Crippen LogP) is 4.06. The topological polar surface area (TPSA) is 29.5 Å². The first-order valence-electron chi connectivity index (χ1n) is 6.74. The van der Waals surface area contributed by atoms with Crippen molar-refractivity contribution >= 4 is 23.1 Å². The van der Waals surface area contributed by atoms with Crippen LogP contribution >= 0.6 is 11.6 Å². The van der Waals surface area contributed by atoms with Crippen LogP contribution in [0, 0.1) is 0 Å². The second-order valence-corrected chi connectivity index (χ2v) is 5.21. The highest BCUT2D eigenvalue weighted by Crippen LogP contribution is 2.26. The third kappa shape index (κ3) is 3.99. The van der Waals surface area contributed by atoms with Crippen molar-refractivity contribution in [2.24, 2.45) is 0 Å². The molecule has 0 heterocycles. The molecule has 3 nitrogen and oxygen atoms in total. The number of para-hydroxylation sites is 2. The minimum atomic E-state index is 0.105. The number of hydrogen-bond acceptors (Lipinski definition) is 3. The summed E-state index contributed by atoms with van der Waals surface area (Å²) in [6.45, 7) is 0.627. The van der Waals surface area contributed by atoms with Crippen molar-refractivity contribution in [3.63, 3.8) is 0 Å². The van der Waals surface area contributed by atoms with Gasteiger partial charge in [0.15, 0.2) is 5.78 Å². The number of methoxy groups -OCH3 is 1. The van der Waals surface area contributed by atoms with Crippen molar-refractivity contribution in [3.8, 4) is 5.75 Å². The molecule has 21 heavy (non-hydrogen) atoms. The number of carbonyl (C=O) groups excluding carboxylic acids is 1. The average Bonchev–Trinajstić information content (AvgIpc) is 2.52. The van der Waals surface area contributed by atoms with Gasteiger partial charge in [-0.15, -0.1) is 0 Å². The minimum absolute atomic E-state index is 0.105. The van der Waals surface area contributed by atoms with Crippen LogP contribution in [-0.2, 0) is 0 Å². The lowest BCUT2D eigenvalue weighted by Crippen LogP contribution is -2.21. The summed E-state index contributed by atoms with van der Waals surface area (Å²) in [5.74, 6) is 0.910. The number of carbonyl (C=O) groups is 1. The van der Waals surface area contributed by atoms with E-state index in [9.17, 15) is 4.79 Å². The molecule has 0 N–H and O–H groups in total. The first kappa shape index (κ1) is 15.4. The van der Waals surface area contributed by atoms with Gasteiger partial charge in [0.2, 0.25) is 0 Å². The molecule has 0 saturated carbocycles. The molecule has 0 amide bonds. The van der Waals surface area contributed by atoms with Gasteiger partial charge in [0.1, 0.15) is 5.75 Å². The molecule has 2 rings (SSSR count). The summed E-state index contributed by atoms with van der Waals surface area (Å²) in [4.78, 5) is 14.2. The van der Waals surface area contributed by atoms with E-state index in [4.69, 9.17) is 16.3 Å². The number of ether oxygens (including phenoxy) is 1. The van der Waals surface area contributed by atoms with E-state index in [1.165, 1.54) is 0 Å². The molecule has 110 valence electrons. The van der Waals surface area contributed by atoms with Crippen LogP contribution in [0.5, 0.6) is 5.75 Å². The first-order valence-corrected chi connectivity index (χ1v) is 7.12. The number of halogens is 1. The van der Waals surface area contributed by atoms with E-state index in [1.54, 1.807) is 31.4 Å². The van der Waals surface area contributed by atoms with Crippen LogP contribution in [0.25, 0.3) is 0 Å². The molecule has 0 unspecified atom stereocenters. The zero-order chi connectivity index (χ0) is 15.2. The van der Waals surface area contributed by atoms with E-state index in [0.29, 0.717) is 23.6 Å². The Morgan fingerprint density at radius 2 is 1.81 bits per heavy atom. The average molecular weight is 304 g/mol. The molecule has 0 atom stereocenters. The maximum Gasteiger partial charge on any atom is 0.164 e. The third-order valence-corrected chi connectivity index (χ3v) is 3.59. The molecule has 0 fully saturated rings. The van der Waals surface area contributed by atoms with Crippen molar-refractivity contribution in [1.82, 2.24) is 0 Å². The Morgan fingerprint density at radius 3 is 2.48 bits per heavy atom. The Kier molecular flexibility index (Phi) is 5.23. The van der Waals surface area contributed by atoms with Crippen molar-refractivity contribution < 1.29 is 9.53 Å². The van der Waals surface area contributed by atoms with Crippen LogP contribution < -0.4 is 9.64 Å². The molecular formula is C17H18ClNO2. The minimum Gasteiger partial charge on any atom is -0.495 e. The quantitative estimate of drug-likeness (QED) is 0.754. The Balaban J connectivity index is 1.99. The monoisotopic (exact) mass is 303 g/mol. The maximum atomic E-state index is 12.1. The normalized spacial score (nSPS) is 10.2. The molecule has 0 saturated heterocycles. The molecular weight excluding hydrogens is 286 g/mol. The molecule has 2 aromatic carbocycles. The molecule has 0 aliphatic heterocycles. The number of rotatable bonds is 6. The van der Waals surface area contributed by atoms with E-state index in [0.717, 1.165) is 11.4 Å². The van der Waals surface area contributed by atoms with Gasteiger partial charge in [-0.1, -0.05) is 23.7 Å². The summed E-state index contributed by atoms with van der Waals surface area (Å²) in [7, 11) is 3.60. The van der Waals surface area contributed by atoms with Crippen molar-refractivity contribution in [3.05, 3.63) is 59.1 Å². The van der Waals surface area contributed by atoms with Crippen molar-refractivity contribution in [2.75, 3.05) is 25.6 Å². The van der Waals surface area contributed by atoms with Gasteiger partial charge in [-0.3, -0.25) is 4.79 Å². The predicted molar refractivity (Wildman–Crippen MR) is 86.7 cm³/mol. The van der Waals surface area contributed by atoms with Gasteiger partial charge in [-0.05, 0) is 36.4 Å². The van der Waals surface area contributed by atoms with Crippen LogP contribution in [0.15, 0.2) is 48.5 Å². The van der Waals surface area contributed by atoms with Crippen LogP contribution in [-0.4, -0.2) is 26.5 Å². The lowest BCUT2D eigenvalue weighted by molar-refractivity contribution is 0.0985. The van der Waals surface area contributed by atoms with Crippen LogP contribution in [0.3, 0.4) is 0 Å². The standard InChI is InChI=1S/C17H18ClNO2/c1-19(15-5-3-4-6-17(15)21-2)12-11-16(20)13-7-9-14(18)10-8-13/h3-10H,11-12H2,1-2H3. The second kappa shape index (κ2) is 7.14.